The van der Waals surface area contributed by atoms with Crippen LogP contribution >= 0.6 is 0 Å². The van der Waals surface area contributed by atoms with E-state index in [0.29, 0.717) is 37.6 Å². The van der Waals surface area contributed by atoms with Crippen LogP contribution in [0.15, 0.2) is 42.6 Å². The molecule has 38 heavy (non-hydrogen) atoms. The molecule has 200 valence electrons. The lowest BCUT2D eigenvalue weighted by Crippen LogP contribution is -2.44. The maximum absolute atomic E-state index is 13.8. The number of halogens is 3. The molecule has 4 rings (SSSR count). The average Bonchev–Trinajstić information content (AvgIpc) is 2.91. The highest BCUT2D eigenvalue weighted by atomic mass is 19.2. The van der Waals surface area contributed by atoms with Gasteiger partial charge in [0.1, 0.15) is 11.6 Å². The first-order chi connectivity index (χ1) is 18.3. The molecule has 1 aliphatic rings. The van der Waals surface area contributed by atoms with Crippen molar-refractivity contribution < 1.29 is 33.0 Å². The van der Waals surface area contributed by atoms with E-state index in [9.17, 15) is 28.3 Å². The van der Waals surface area contributed by atoms with Gasteiger partial charge in [0.2, 0.25) is 0 Å². The monoisotopic (exact) mass is 527 g/mol. The Balaban J connectivity index is 1.42. The molecular formula is C28H28F3N3O4. The molecule has 1 aromatic heterocycles. The molecule has 0 aliphatic carbocycles. The number of hydrogen-bond acceptors (Lipinski definition) is 6. The maximum atomic E-state index is 13.8. The summed E-state index contributed by atoms with van der Waals surface area (Å²) in [6.45, 7) is 0.941. The minimum atomic E-state index is -1.31. The fraction of sp³-hybridized carbons (Fsp3) is 0.357. The standard InChI is InChI=1S/C28H28F3N3O4/c1-38-20-5-7-25-22(15-20)21(8-10-32-25)26(33-37)6-4-17-9-12-34(16-23(17)28(35)36)11-2-3-18-13-19(29)14-24(30)27(18)31/h5,7-8,10,13-15,17,23,26,33,37H,4,6,9,11-12,16H2,1H3,(H,35,36)/t17-,23+,26+/m1/s1. The van der Waals surface area contributed by atoms with Crippen molar-refractivity contribution in [1.29, 1.82) is 0 Å². The van der Waals surface area contributed by atoms with Gasteiger partial charge in [-0.05, 0) is 67.6 Å². The van der Waals surface area contributed by atoms with Crippen molar-refractivity contribution in [2.75, 3.05) is 26.7 Å². The summed E-state index contributed by atoms with van der Waals surface area (Å²) in [5, 5.41) is 20.7. The normalized spacial score (nSPS) is 18.6. The molecule has 2 aromatic carbocycles. The van der Waals surface area contributed by atoms with E-state index in [2.05, 4.69) is 22.3 Å². The molecule has 0 saturated carbocycles. The second kappa shape index (κ2) is 12.3. The Labute approximate surface area is 218 Å². The van der Waals surface area contributed by atoms with E-state index in [4.69, 9.17) is 4.74 Å². The second-order valence-corrected chi connectivity index (χ2v) is 9.32. The van der Waals surface area contributed by atoms with Gasteiger partial charge in [0.05, 0.1) is 36.7 Å². The highest BCUT2D eigenvalue weighted by Gasteiger charge is 2.34. The predicted octanol–water partition coefficient (Wildman–Crippen LogP) is 4.54. The lowest BCUT2D eigenvalue weighted by molar-refractivity contribution is -0.146. The van der Waals surface area contributed by atoms with E-state index in [0.717, 1.165) is 22.5 Å². The molecule has 0 radical (unpaired) electrons. The minimum absolute atomic E-state index is 0.134. The van der Waals surface area contributed by atoms with Crippen LogP contribution < -0.4 is 10.2 Å². The number of methoxy groups -OCH3 is 1. The molecule has 1 fully saturated rings. The smallest absolute Gasteiger partial charge is 0.308 e. The number of nitrogens with one attached hydrogen (secondary N) is 1. The zero-order chi connectivity index (χ0) is 27.2. The molecule has 10 heteroatoms. The highest BCUT2D eigenvalue weighted by molar-refractivity contribution is 5.84. The average molecular weight is 528 g/mol. The molecule has 1 aliphatic heterocycles. The summed E-state index contributed by atoms with van der Waals surface area (Å²) in [7, 11) is 1.57. The van der Waals surface area contributed by atoms with E-state index >= 15 is 0 Å². The fourth-order valence-electron chi connectivity index (χ4n) is 4.98. The Morgan fingerprint density at radius 2 is 2.08 bits per heavy atom. The third-order valence-electron chi connectivity index (χ3n) is 7.02. The van der Waals surface area contributed by atoms with Crippen molar-refractivity contribution in [3.63, 3.8) is 0 Å². The first-order valence-corrected chi connectivity index (χ1v) is 12.2. The van der Waals surface area contributed by atoms with Crippen LogP contribution in [0.5, 0.6) is 5.75 Å². The zero-order valence-corrected chi connectivity index (χ0v) is 20.8. The van der Waals surface area contributed by atoms with Gasteiger partial charge < -0.3 is 15.1 Å². The van der Waals surface area contributed by atoms with Crippen molar-refractivity contribution in [1.82, 2.24) is 15.4 Å². The molecule has 7 nitrogen and oxygen atoms in total. The van der Waals surface area contributed by atoms with Gasteiger partial charge in [-0.1, -0.05) is 11.8 Å². The largest absolute Gasteiger partial charge is 0.497 e. The summed E-state index contributed by atoms with van der Waals surface area (Å²) in [5.41, 5.74) is 3.57. The van der Waals surface area contributed by atoms with Gasteiger partial charge in [-0.25, -0.2) is 13.2 Å². The number of benzene rings is 2. The molecule has 0 spiro atoms. The quantitative estimate of drug-likeness (QED) is 0.225. The number of nitrogens with zero attached hydrogens (tertiary/aromatic N) is 2. The number of likely N-dealkylation sites (tertiary alicyclic amines) is 1. The summed E-state index contributed by atoms with van der Waals surface area (Å²) in [5.74, 6) is 0.626. The summed E-state index contributed by atoms with van der Waals surface area (Å²) in [4.78, 5) is 18.3. The molecule has 1 saturated heterocycles. The number of fused-ring (bicyclic) bond motifs is 1. The molecule has 3 N–H and O–H groups in total. The number of aliphatic carboxylic acids is 1. The van der Waals surface area contributed by atoms with Crippen molar-refractivity contribution in [3.05, 3.63) is 71.2 Å². The van der Waals surface area contributed by atoms with Crippen molar-refractivity contribution in [3.8, 4) is 17.6 Å². The van der Waals surface area contributed by atoms with Gasteiger partial charge >= 0.3 is 5.97 Å². The predicted molar refractivity (Wildman–Crippen MR) is 134 cm³/mol. The van der Waals surface area contributed by atoms with Crippen molar-refractivity contribution in [2.45, 2.75) is 25.3 Å². The third-order valence-corrected chi connectivity index (χ3v) is 7.02. The number of carboxylic acids is 1. The summed E-state index contributed by atoms with van der Waals surface area (Å²) < 4.78 is 45.9. The summed E-state index contributed by atoms with van der Waals surface area (Å²) in [6, 6.07) is 8.16. The van der Waals surface area contributed by atoms with Crippen LogP contribution in [0.2, 0.25) is 0 Å². The van der Waals surface area contributed by atoms with Crippen LogP contribution in [0, 0.1) is 41.1 Å². The second-order valence-electron chi connectivity index (χ2n) is 9.32. The number of hydrogen-bond donors (Lipinski definition) is 3. The van der Waals surface area contributed by atoms with Crippen LogP contribution in [0.4, 0.5) is 13.2 Å². The zero-order valence-electron chi connectivity index (χ0n) is 20.8. The van der Waals surface area contributed by atoms with Crippen molar-refractivity contribution in [2.24, 2.45) is 11.8 Å². The number of hydroxylamine groups is 1. The van der Waals surface area contributed by atoms with Crippen LogP contribution in [-0.2, 0) is 4.79 Å². The Kier molecular flexibility index (Phi) is 8.84. The Morgan fingerprint density at radius 1 is 1.26 bits per heavy atom. The Bertz CT molecular complexity index is 1370. The van der Waals surface area contributed by atoms with Gasteiger partial charge in [-0.3, -0.25) is 14.7 Å². The van der Waals surface area contributed by atoms with Gasteiger partial charge in [-0.2, -0.15) is 5.48 Å². The van der Waals surface area contributed by atoms with E-state index < -0.39 is 35.4 Å². The molecule has 2 heterocycles. The van der Waals surface area contributed by atoms with Gasteiger partial charge in [0.25, 0.3) is 0 Å². The molecule has 3 atom stereocenters. The maximum Gasteiger partial charge on any atom is 0.308 e. The number of pyridine rings is 1. The number of piperidine rings is 1. The van der Waals surface area contributed by atoms with Gasteiger partial charge in [0.15, 0.2) is 11.6 Å². The van der Waals surface area contributed by atoms with E-state index in [1.807, 2.05) is 29.2 Å². The van der Waals surface area contributed by atoms with Gasteiger partial charge in [-0.15, -0.1) is 0 Å². The van der Waals surface area contributed by atoms with E-state index in [1.54, 1.807) is 13.3 Å². The molecule has 0 amide bonds. The number of rotatable bonds is 8. The van der Waals surface area contributed by atoms with Crippen LogP contribution in [0.25, 0.3) is 10.9 Å². The molecule has 0 bridgehead atoms. The highest BCUT2D eigenvalue weighted by Crippen LogP contribution is 2.33. The van der Waals surface area contributed by atoms with Crippen LogP contribution in [-0.4, -0.2) is 52.9 Å². The Morgan fingerprint density at radius 3 is 2.82 bits per heavy atom. The SMILES string of the molecule is COc1ccc2nccc([C@H](CC[C@@H]3CCN(CC#Cc4cc(F)cc(F)c4F)C[C@@H]3C(=O)O)NO)c2c1. The van der Waals surface area contributed by atoms with Crippen LogP contribution in [0.3, 0.4) is 0 Å². The number of carbonyl (C=O) groups is 1. The topological polar surface area (TPSA) is 94.9 Å². The van der Waals surface area contributed by atoms with E-state index in [1.165, 1.54) is 0 Å². The Hall–Kier alpha value is -3.65. The first-order valence-electron chi connectivity index (χ1n) is 12.2. The lowest BCUT2D eigenvalue weighted by atomic mass is 9.81. The third kappa shape index (κ3) is 6.25. The summed E-state index contributed by atoms with van der Waals surface area (Å²) >= 11 is 0. The minimum Gasteiger partial charge on any atom is -0.497 e. The molecule has 3 aromatic rings. The lowest BCUT2D eigenvalue weighted by Gasteiger charge is -2.36. The number of aromatic nitrogens is 1. The molecular weight excluding hydrogens is 499 g/mol. The first kappa shape index (κ1) is 27.4. The molecule has 0 unspecified atom stereocenters. The fourth-order valence-corrected chi connectivity index (χ4v) is 4.98. The number of ether oxygens (including phenoxy) is 1. The number of carboxylic acid groups (broad SMARTS) is 1. The van der Waals surface area contributed by atoms with Crippen LogP contribution in [0.1, 0.15) is 36.4 Å². The van der Waals surface area contributed by atoms with Gasteiger partial charge in [0, 0.05) is 24.2 Å². The van der Waals surface area contributed by atoms with Crippen molar-refractivity contribution >= 4 is 16.9 Å². The summed E-state index contributed by atoms with van der Waals surface area (Å²) in [6.07, 6.45) is 3.30. The van der Waals surface area contributed by atoms with E-state index in [-0.39, 0.29) is 24.6 Å².